The van der Waals surface area contributed by atoms with Crippen molar-refractivity contribution < 1.29 is 24.9 Å². The zero-order valence-corrected chi connectivity index (χ0v) is 19.3. The van der Waals surface area contributed by atoms with Crippen LogP contribution < -0.4 is 5.32 Å². The summed E-state index contributed by atoms with van der Waals surface area (Å²) in [6.45, 7) is 5.64. The Bertz CT molecular complexity index is 953. The molecular weight excluding hydrogens is 420 g/mol. The molecule has 1 fully saturated rings. The zero-order valence-electron chi connectivity index (χ0n) is 19.3. The zero-order chi connectivity index (χ0) is 24.0. The number of aromatic hydroxyl groups is 2. The Balaban J connectivity index is 1.49. The summed E-state index contributed by atoms with van der Waals surface area (Å²) in [6, 6.07) is 11.8. The lowest BCUT2D eigenvalue weighted by Crippen LogP contribution is -2.41. The van der Waals surface area contributed by atoms with Gasteiger partial charge in [-0.25, -0.2) is 0 Å². The summed E-state index contributed by atoms with van der Waals surface area (Å²) in [4.78, 5) is 26.3. The molecule has 2 aromatic carbocycles. The van der Waals surface area contributed by atoms with Crippen LogP contribution in [-0.4, -0.2) is 57.8 Å². The molecule has 0 saturated carbocycles. The van der Waals surface area contributed by atoms with Crippen LogP contribution in [0.5, 0.6) is 11.5 Å². The second-order valence-electron chi connectivity index (χ2n) is 9.14. The van der Waals surface area contributed by atoms with Crippen molar-refractivity contribution in [3.05, 3.63) is 59.2 Å². The normalized spacial score (nSPS) is 15.5. The highest BCUT2D eigenvalue weighted by molar-refractivity contribution is 5.97. The largest absolute Gasteiger partial charge is 0.508 e. The summed E-state index contributed by atoms with van der Waals surface area (Å²) >= 11 is 0. The monoisotopic (exact) mass is 454 g/mol. The maximum atomic E-state index is 13.0. The number of phenolic OH excluding ortho intramolecular Hbond substituents is 2. The Morgan fingerprint density at radius 2 is 1.73 bits per heavy atom. The van der Waals surface area contributed by atoms with E-state index in [9.17, 15) is 24.9 Å². The molecule has 1 amide bonds. The van der Waals surface area contributed by atoms with E-state index in [-0.39, 0.29) is 28.9 Å². The van der Waals surface area contributed by atoms with Gasteiger partial charge in [0.25, 0.3) is 5.91 Å². The Kier molecular flexibility index (Phi) is 8.33. The Morgan fingerprint density at radius 3 is 2.33 bits per heavy atom. The number of hydrogen-bond acceptors (Lipinski definition) is 5. The maximum Gasteiger partial charge on any atom is 0.321 e. The number of carboxylic acid groups (broad SMARTS) is 1. The highest BCUT2D eigenvalue weighted by Crippen LogP contribution is 2.33. The van der Waals surface area contributed by atoms with Gasteiger partial charge in [0.2, 0.25) is 0 Å². The molecule has 3 rings (SSSR count). The first-order valence-corrected chi connectivity index (χ1v) is 11.6. The van der Waals surface area contributed by atoms with Crippen molar-refractivity contribution in [2.75, 3.05) is 19.6 Å². The van der Waals surface area contributed by atoms with Gasteiger partial charge in [-0.1, -0.05) is 44.2 Å². The number of piperidine rings is 1. The van der Waals surface area contributed by atoms with Gasteiger partial charge < -0.3 is 25.5 Å². The van der Waals surface area contributed by atoms with Crippen molar-refractivity contribution >= 4 is 11.9 Å². The number of hydrogen-bond donors (Lipinski definition) is 4. The molecular formula is C26H34N2O5. The fourth-order valence-electron chi connectivity index (χ4n) is 4.38. The molecule has 0 aromatic heterocycles. The van der Waals surface area contributed by atoms with Crippen LogP contribution in [0.2, 0.25) is 0 Å². The van der Waals surface area contributed by atoms with Crippen molar-refractivity contribution in [1.82, 2.24) is 10.2 Å². The minimum absolute atomic E-state index is 0.00260. The van der Waals surface area contributed by atoms with Crippen molar-refractivity contribution in [3.8, 4) is 11.5 Å². The molecule has 1 aliphatic rings. The third-order valence-corrected chi connectivity index (χ3v) is 6.42. The lowest BCUT2D eigenvalue weighted by Gasteiger charge is -2.32. The van der Waals surface area contributed by atoms with E-state index in [0.717, 1.165) is 24.8 Å². The molecule has 0 bridgehead atoms. The number of phenols is 2. The lowest BCUT2D eigenvalue weighted by molar-refractivity contribution is -0.139. The average molecular weight is 455 g/mol. The number of carbonyl (C=O) groups excluding carboxylic acids is 1. The van der Waals surface area contributed by atoms with Gasteiger partial charge in [0.1, 0.15) is 17.5 Å². The predicted molar refractivity (Wildman–Crippen MR) is 127 cm³/mol. The summed E-state index contributed by atoms with van der Waals surface area (Å²) in [6.07, 6.45) is 2.96. The standard InChI is InChI=1S/C26H34N2O5/c1-17(2)20-15-21(24(30)16-23(20)29)25(31)28-12-9-18(10-13-28)8-11-27-22(26(32)33)14-19-6-4-3-5-7-19/h3-7,15-18,22,27,29-30H,8-14H2,1-2H3,(H,32,33)/t22-/m0/s1. The molecule has 1 aliphatic heterocycles. The first-order valence-electron chi connectivity index (χ1n) is 11.6. The van der Waals surface area contributed by atoms with Gasteiger partial charge in [0, 0.05) is 19.2 Å². The van der Waals surface area contributed by atoms with E-state index < -0.39 is 12.0 Å². The number of amides is 1. The Hall–Kier alpha value is -3.06. The third-order valence-electron chi connectivity index (χ3n) is 6.42. The molecule has 1 atom stereocenters. The van der Waals surface area contributed by atoms with Crippen LogP contribution in [0.3, 0.4) is 0 Å². The molecule has 4 N–H and O–H groups in total. The number of benzene rings is 2. The summed E-state index contributed by atoms with van der Waals surface area (Å²) in [5.41, 5.74) is 1.85. The number of aliphatic carboxylic acids is 1. The van der Waals surface area contributed by atoms with Gasteiger partial charge in [-0.05, 0) is 61.3 Å². The molecule has 33 heavy (non-hydrogen) atoms. The second-order valence-corrected chi connectivity index (χ2v) is 9.14. The van der Waals surface area contributed by atoms with Crippen LogP contribution >= 0.6 is 0 Å². The first-order chi connectivity index (χ1) is 15.8. The quantitative estimate of drug-likeness (QED) is 0.459. The maximum absolute atomic E-state index is 13.0. The minimum Gasteiger partial charge on any atom is -0.508 e. The van der Waals surface area contributed by atoms with Crippen LogP contribution in [0.25, 0.3) is 0 Å². The lowest BCUT2D eigenvalue weighted by atomic mass is 9.92. The molecule has 0 unspecified atom stereocenters. The van der Waals surface area contributed by atoms with Crippen LogP contribution in [0.15, 0.2) is 42.5 Å². The number of carboxylic acids is 1. The summed E-state index contributed by atoms with van der Waals surface area (Å²) in [7, 11) is 0. The average Bonchev–Trinajstić information content (AvgIpc) is 2.79. The van der Waals surface area contributed by atoms with Gasteiger partial charge in [-0.3, -0.25) is 9.59 Å². The van der Waals surface area contributed by atoms with Gasteiger partial charge in [-0.15, -0.1) is 0 Å². The number of rotatable bonds is 9. The van der Waals surface area contributed by atoms with E-state index >= 15 is 0 Å². The molecule has 0 aliphatic carbocycles. The fraction of sp³-hybridized carbons (Fsp3) is 0.462. The van der Waals surface area contributed by atoms with Crippen molar-refractivity contribution in [2.45, 2.75) is 51.5 Å². The molecule has 0 spiro atoms. The molecule has 7 heteroatoms. The summed E-state index contributed by atoms with van der Waals surface area (Å²) in [5.74, 6) is -0.837. The van der Waals surface area contributed by atoms with Crippen LogP contribution in [0.4, 0.5) is 0 Å². The van der Waals surface area contributed by atoms with E-state index in [1.165, 1.54) is 6.07 Å². The highest BCUT2D eigenvalue weighted by Gasteiger charge is 2.27. The van der Waals surface area contributed by atoms with E-state index in [4.69, 9.17) is 0 Å². The molecule has 1 heterocycles. The molecule has 2 aromatic rings. The van der Waals surface area contributed by atoms with Crippen LogP contribution in [0, 0.1) is 5.92 Å². The van der Waals surface area contributed by atoms with Gasteiger partial charge >= 0.3 is 5.97 Å². The van der Waals surface area contributed by atoms with Crippen molar-refractivity contribution in [1.29, 1.82) is 0 Å². The van der Waals surface area contributed by atoms with Gasteiger partial charge in [0.15, 0.2) is 0 Å². The van der Waals surface area contributed by atoms with E-state index in [2.05, 4.69) is 5.32 Å². The van der Waals surface area contributed by atoms with Crippen molar-refractivity contribution in [3.63, 3.8) is 0 Å². The van der Waals surface area contributed by atoms with Crippen molar-refractivity contribution in [2.24, 2.45) is 5.92 Å². The second kappa shape index (κ2) is 11.2. The summed E-state index contributed by atoms with van der Waals surface area (Å²) < 4.78 is 0. The van der Waals surface area contributed by atoms with Crippen LogP contribution in [0.1, 0.15) is 60.5 Å². The van der Waals surface area contributed by atoms with Crippen LogP contribution in [-0.2, 0) is 11.2 Å². The number of likely N-dealkylation sites (tertiary alicyclic amines) is 1. The van der Waals surface area contributed by atoms with Gasteiger partial charge in [-0.2, -0.15) is 0 Å². The highest BCUT2D eigenvalue weighted by atomic mass is 16.4. The number of nitrogens with one attached hydrogen (secondary N) is 1. The van der Waals surface area contributed by atoms with E-state index in [1.54, 1.807) is 11.0 Å². The molecule has 1 saturated heterocycles. The topological polar surface area (TPSA) is 110 Å². The third kappa shape index (κ3) is 6.48. The molecule has 0 radical (unpaired) electrons. The molecule has 178 valence electrons. The minimum atomic E-state index is -0.853. The Morgan fingerprint density at radius 1 is 1.06 bits per heavy atom. The number of carbonyl (C=O) groups is 2. The SMILES string of the molecule is CC(C)c1cc(C(=O)N2CCC(CCN[C@@H](Cc3ccccc3)C(=O)O)CC2)c(O)cc1O. The number of nitrogens with zero attached hydrogens (tertiary/aromatic N) is 1. The fourth-order valence-corrected chi connectivity index (χ4v) is 4.38. The summed E-state index contributed by atoms with van der Waals surface area (Å²) in [5, 5.41) is 32.9. The smallest absolute Gasteiger partial charge is 0.321 e. The Labute approximate surface area is 195 Å². The molecule has 7 nitrogen and oxygen atoms in total. The van der Waals surface area contributed by atoms with E-state index in [0.29, 0.717) is 37.5 Å². The van der Waals surface area contributed by atoms with Gasteiger partial charge in [0.05, 0.1) is 5.56 Å². The van der Waals surface area contributed by atoms with E-state index in [1.807, 2.05) is 44.2 Å². The predicted octanol–water partition coefficient (Wildman–Crippen LogP) is 3.75. The first kappa shape index (κ1) is 24.6.